The first-order valence-electron chi connectivity index (χ1n) is 6.11. The Kier molecular flexibility index (Phi) is 3.02. The molecule has 3 N–H and O–H groups in total. The van der Waals surface area contributed by atoms with Gasteiger partial charge >= 0.3 is 0 Å². The number of benzene rings is 1. The number of oxime groups is 1. The van der Waals surface area contributed by atoms with Crippen LogP contribution in [0.15, 0.2) is 35.5 Å². The maximum Gasteiger partial charge on any atom is 0.271 e. The average Bonchev–Trinajstić information content (AvgIpc) is 2.88. The van der Waals surface area contributed by atoms with E-state index in [9.17, 15) is 15.3 Å². The summed E-state index contributed by atoms with van der Waals surface area (Å²) in [6, 6.07) is 9.39. The third-order valence-corrected chi connectivity index (χ3v) is 3.50. The van der Waals surface area contributed by atoms with Gasteiger partial charge in [-0.05, 0) is 5.56 Å². The molecule has 1 saturated heterocycles. The van der Waals surface area contributed by atoms with Crippen molar-refractivity contribution in [1.29, 1.82) is 0 Å². The molecule has 0 aliphatic carbocycles. The van der Waals surface area contributed by atoms with E-state index in [1.165, 1.54) is 0 Å². The Hall–Kier alpha value is -1.47. The summed E-state index contributed by atoms with van der Waals surface area (Å²) in [6.07, 6.45) is -3.55. The zero-order chi connectivity index (χ0) is 13.5. The van der Waals surface area contributed by atoms with Crippen molar-refractivity contribution in [2.75, 3.05) is 6.61 Å². The Morgan fingerprint density at radius 2 is 1.89 bits per heavy atom. The van der Waals surface area contributed by atoms with E-state index in [0.717, 1.165) is 5.56 Å². The number of nitrogens with zero attached hydrogens (tertiary/aromatic N) is 1. The summed E-state index contributed by atoms with van der Waals surface area (Å²) >= 11 is 0. The van der Waals surface area contributed by atoms with Gasteiger partial charge in [0.05, 0.1) is 18.7 Å². The summed E-state index contributed by atoms with van der Waals surface area (Å²) in [6.45, 7) is -0.101. The maximum absolute atomic E-state index is 10.0. The smallest absolute Gasteiger partial charge is 0.271 e. The summed E-state index contributed by atoms with van der Waals surface area (Å²) < 4.78 is 5.38. The molecule has 19 heavy (non-hydrogen) atoms. The Morgan fingerprint density at radius 1 is 1.16 bits per heavy atom. The molecule has 0 amide bonds. The monoisotopic (exact) mass is 265 g/mol. The zero-order valence-electron chi connectivity index (χ0n) is 10.1. The molecule has 2 heterocycles. The molecule has 0 radical (unpaired) electrons. The molecule has 1 aromatic rings. The van der Waals surface area contributed by atoms with Gasteiger partial charge in [0.25, 0.3) is 5.79 Å². The van der Waals surface area contributed by atoms with E-state index in [1.807, 2.05) is 30.3 Å². The van der Waals surface area contributed by atoms with Crippen LogP contribution in [0.1, 0.15) is 12.0 Å². The van der Waals surface area contributed by atoms with Crippen molar-refractivity contribution in [3.63, 3.8) is 0 Å². The molecule has 2 aliphatic rings. The van der Waals surface area contributed by atoms with Crippen molar-refractivity contribution < 1.29 is 24.9 Å². The highest BCUT2D eigenvalue weighted by Crippen LogP contribution is 2.36. The van der Waals surface area contributed by atoms with Crippen molar-refractivity contribution >= 4 is 5.71 Å². The second kappa shape index (κ2) is 4.57. The van der Waals surface area contributed by atoms with Crippen LogP contribution < -0.4 is 0 Å². The Labute approximate surface area is 109 Å². The number of aliphatic hydroxyl groups excluding tert-OH is 3. The summed E-state index contributed by atoms with van der Waals surface area (Å²) in [4.78, 5) is 5.22. The molecule has 1 fully saturated rings. The highest BCUT2D eigenvalue weighted by Gasteiger charge is 2.55. The van der Waals surface area contributed by atoms with Crippen molar-refractivity contribution in [3.05, 3.63) is 35.9 Å². The predicted octanol–water partition coefficient (Wildman–Crippen LogP) is -0.380. The molecular formula is C13H15NO5. The van der Waals surface area contributed by atoms with Crippen LogP contribution in [0.4, 0.5) is 0 Å². The van der Waals surface area contributed by atoms with Gasteiger partial charge in [0.15, 0.2) is 6.10 Å². The molecule has 4 atom stereocenters. The average molecular weight is 265 g/mol. The van der Waals surface area contributed by atoms with E-state index in [4.69, 9.17) is 9.57 Å². The summed E-state index contributed by atoms with van der Waals surface area (Å²) in [5, 5.41) is 33.1. The van der Waals surface area contributed by atoms with Gasteiger partial charge in [-0.3, -0.25) is 0 Å². The van der Waals surface area contributed by atoms with Gasteiger partial charge in [-0.25, -0.2) is 0 Å². The van der Waals surface area contributed by atoms with E-state index in [2.05, 4.69) is 5.16 Å². The third-order valence-electron chi connectivity index (χ3n) is 3.50. The van der Waals surface area contributed by atoms with Crippen LogP contribution in [0.3, 0.4) is 0 Å². The van der Waals surface area contributed by atoms with Gasteiger partial charge in [-0.1, -0.05) is 35.5 Å². The first kappa shape index (κ1) is 12.6. The van der Waals surface area contributed by atoms with Crippen LogP contribution in [0.2, 0.25) is 0 Å². The number of ether oxygens (including phenoxy) is 1. The minimum absolute atomic E-state index is 0.101. The minimum Gasteiger partial charge on any atom is -0.388 e. The van der Waals surface area contributed by atoms with E-state index in [1.54, 1.807) is 0 Å². The van der Waals surface area contributed by atoms with Crippen LogP contribution in [0.25, 0.3) is 0 Å². The van der Waals surface area contributed by atoms with Crippen molar-refractivity contribution in [3.8, 4) is 0 Å². The number of hydrogen-bond acceptors (Lipinski definition) is 6. The maximum atomic E-state index is 10.0. The van der Waals surface area contributed by atoms with Crippen LogP contribution in [0, 0.1) is 0 Å². The van der Waals surface area contributed by atoms with Gasteiger partial charge in [0.2, 0.25) is 0 Å². The molecule has 1 spiro atoms. The van der Waals surface area contributed by atoms with Crippen LogP contribution in [0.5, 0.6) is 0 Å². The third kappa shape index (κ3) is 2.02. The number of rotatable bonds is 1. The second-order valence-electron chi connectivity index (χ2n) is 4.80. The first-order chi connectivity index (χ1) is 9.12. The second-order valence-corrected chi connectivity index (χ2v) is 4.80. The summed E-state index contributed by atoms with van der Waals surface area (Å²) in [7, 11) is 0. The van der Waals surface area contributed by atoms with E-state index >= 15 is 0 Å². The Morgan fingerprint density at radius 3 is 2.63 bits per heavy atom. The lowest BCUT2D eigenvalue weighted by Gasteiger charge is -2.40. The molecule has 102 valence electrons. The lowest BCUT2D eigenvalue weighted by molar-refractivity contribution is -0.328. The highest BCUT2D eigenvalue weighted by molar-refractivity contribution is 6.01. The standard InChI is InChI=1S/C13H15NO5/c15-10-7-18-13(12(17)11(10)16)6-9(14-19-13)8-4-2-1-3-5-8/h1-5,10-12,15-17H,6-7H2/t10-,11+,12-,13-/m1/s1. The van der Waals surface area contributed by atoms with Crippen molar-refractivity contribution in [2.24, 2.45) is 5.16 Å². The lowest BCUT2D eigenvalue weighted by atomic mass is 9.91. The highest BCUT2D eigenvalue weighted by atomic mass is 16.8. The normalized spacial score (nSPS) is 38.1. The molecule has 3 rings (SSSR count). The summed E-state index contributed by atoms with van der Waals surface area (Å²) in [5.74, 6) is -1.40. The van der Waals surface area contributed by atoms with Gasteiger partial charge in [0.1, 0.15) is 12.2 Å². The van der Waals surface area contributed by atoms with Crippen LogP contribution in [-0.4, -0.2) is 51.7 Å². The zero-order valence-corrected chi connectivity index (χ0v) is 10.1. The van der Waals surface area contributed by atoms with E-state index in [0.29, 0.717) is 5.71 Å². The fraction of sp³-hybridized carbons (Fsp3) is 0.462. The molecular weight excluding hydrogens is 250 g/mol. The van der Waals surface area contributed by atoms with Gasteiger partial charge in [0, 0.05) is 0 Å². The fourth-order valence-corrected chi connectivity index (χ4v) is 2.33. The lowest BCUT2D eigenvalue weighted by Crippen LogP contribution is -2.60. The molecule has 1 aromatic carbocycles. The molecule has 0 unspecified atom stereocenters. The number of hydrogen-bond donors (Lipinski definition) is 3. The number of aliphatic hydroxyl groups is 3. The molecule has 6 nitrogen and oxygen atoms in total. The topological polar surface area (TPSA) is 91.5 Å². The first-order valence-corrected chi connectivity index (χ1v) is 6.11. The van der Waals surface area contributed by atoms with Gasteiger partial charge < -0.3 is 24.9 Å². The minimum atomic E-state index is -1.40. The molecule has 0 saturated carbocycles. The fourth-order valence-electron chi connectivity index (χ4n) is 2.33. The quantitative estimate of drug-likeness (QED) is 0.644. The van der Waals surface area contributed by atoms with Crippen molar-refractivity contribution in [2.45, 2.75) is 30.5 Å². The predicted molar refractivity (Wildman–Crippen MR) is 65.4 cm³/mol. The van der Waals surface area contributed by atoms with E-state index in [-0.39, 0.29) is 13.0 Å². The van der Waals surface area contributed by atoms with E-state index < -0.39 is 24.1 Å². The van der Waals surface area contributed by atoms with Crippen molar-refractivity contribution in [1.82, 2.24) is 0 Å². The largest absolute Gasteiger partial charge is 0.388 e. The van der Waals surface area contributed by atoms with Gasteiger partial charge in [-0.2, -0.15) is 0 Å². The van der Waals surface area contributed by atoms with Gasteiger partial charge in [-0.15, -0.1) is 0 Å². The van der Waals surface area contributed by atoms with Crippen LogP contribution in [-0.2, 0) is 9.57 Å². The molecule has 0 aromatic heterocycles. The van der Waals surface area contributed by atoms with Crippen LogP contribution >= 0.6 is 0 Å². The molecule has 2 aliphatic heterocycles. The molecule has 6 heteroatoms. The Bertz CT molecular complexity index is 491. The molecule has 0 bridgehead atoms. The summed E-state index contributed by atoms with van der Waals surface area (Å²) in [5.41, 5.74) is 1.51. The Balaban J connectivity index is 1.80. The SMILES string of the molecule is O[C@H]1[C@H](O)CO[C@@]2(CC(c3ccccc3)=NO2)[C@@H]1O.